The number of nitrogens with one attached hydrogen (secondary N) is 2. The van der Waals surface area contributed by atoms with Crippen LogP contribution in [0.1, 0.15) is 17.3 Å². The Balaban J connectivity index is 1.41. The van der Waals surface area contributed by atoms with Crippen molar-refractivity contribution in [2.75, 3.05) is 23.0 Å². The first-order chi connectivity index (χ1) is 14.9. The molecule has 160 valence electrons. The van der Waals surface area contributed by atoms with E-state index >= 15 is 0 Å². The van der Waals surface area contributed by atoms with E-state index in [0.717, 1.165) is 11.3 Å². The van der Waals surface area contributed by atoms with E-state index in [4.69, 9.17) is 16.3 Å². The number of aromatic nitrogens is 2. The summed E-state index contributed by atoms with van der Waals surface area (Å²) in [4.78, 5) is 35.4. The summed E-state index contributed by atoms with van der Waals surface area (Å²) in [5.41, 5.74) is 1.18. The fourth-order valence-electron chi connectivity index (χ4n) is 2.27. The number of thioether (sulfide) groups is 1. The minimum absolute atomic E-state index is 0.0378. The quantitative estimate of drug-likeness (QED) is 0.271. The largest absolute Gasteiger partial charge is 0.484 e. The highest BCUT2D eigenvalue weighted by molar-refractivity contribution is 8.01. The maximum Gasteiger partial charge on any atom is 0.264 e. The van der Waals surface area contributed by atoms with Gasteiger partial charge in [-0.25, -0.2) is 0 Å². The Labute approximate surface area is 191 Å². The smallest absolute Gasteiger partial charge is 0.264 e. The second-order valence-corrected chi connectivity index (χ2v) is 8.77. The van der Waals surface area contributed by atoms with E-state index in [2.05, 4.69) is 20.8 Å². The maximum atomic E-state index is 12.1. The van der Waals surface area contributed by atoms with Crippen LogP contribution < -0.4 is 15.4 Å². The summed E-state index contributed by atoms with van der Waals surface area (Å²) in [5, 5.41) is 14.1. The summed E-state index contributed by atoms with van der Waals surface area (Å²) in [6.07, 6.45) is 0. The van der Waals surface area contributed by atoms with E-state index < -0.39 is 0 Å². The van der Waals surface area contributed by atoms with Crippen LogP contribution in [0.3, 0.4) is 0 Å². The van der Waals surface area contributed by atoms with Gasteiger partial charge in [0.05, 0.1) is 5.75 Å². The number of Topliss-reactive ketones (excluding diaryl/α,β-unsaturated/α-hetero) is 1. The molecule has 0 aliphatic carbocycles. The van der Waals surface area contributed by atoms with Gasteiger partial charge in [0.25, 0.3) is 5.91 Å². The molecule has 0 aliphatic heterocycles. The van der Waals surface area contributed by atoms with Gasteiger partial charge < -0.3 is 10.1 Å². The molecular formula is C20H17ClN4O4S2. The Hall–Kier alpha value is -2.95. The Bertz CT molecular complexity index is 1070. The molecule has 1 aromatic heterocycles. The zero-order valence-corrected chi connectivity index (χ0v) is 18.6. The lowest BCUT2D eigenvalue weighted by Gasteiger charge is -2.05. The molecule has 11 heteroatoms. The summed E-state index contributed by atoms with van der Waals surface area (Å²) in [6, 6.07) is 13.3. The molecule has 2 aromatic carbocycles. The van der Waals surface area contributed by atoms with Crippen molar-refractivity contribution < 1.29 is 19.1 Å². The van der Waals surface area contributed by atoms with Crippen molar-refractivity contribution in [3.05, 3.63) is 59.1 Å². The minimum atomic E-state index is -0.380. The molecule has 0 aliphatic rings. The van der Waals surface area contributed by atoms with Crippen LogP contribution in [0.15, 0.2) is 52.9 Å². The van der Waals surface area contributed by atoms with Gasteiger partial charge in [-0.15, -0.1) is 10.2 Å². The molecule has 3 rings (SSSR count). The van der Waals surface area contributed by atoms with Crippen LogP contribution in [0.4, 0.5) is 10.8 Å². The molecule has 2 amide bonds. The van der Waals surface area contributed by atoms with Crippen molar-refractivity contribution in [1.82, 2.24) is 10.2 Å². The molecule has 8 nitrogen and oxygen atoms in total. The number of halogens is 1. The first kappa shape index (κ1) is 22.7. The minimum Gasteiger partial charge on any atom is -0.484 e. The van der Waals surface area contributed by atoms with Gasteiger partial charge in [-0.1, -0.05) is 34.7 Å². The maximum absolute atomic E-state index is 12.1. The van der Waals surface area contributed by atoms with Gasteiger partial charge in [0.1, 0.15) is 5.75 Å². The molecule has 0 unspecified atom stereocenters. The van der Waals surface area contributed by atoms with Gasteiger partial charge in [0, 0.05) is 16.3 Å². The fourth-order valence-corrected chi connectivity index (χ4v) is 3.96. The molecule has 0 atom stereocenters. The van der Waals surface area contributed by atoms with E-state index in [1.165, 1.54) is 18.7 Å². The molecule has 31 heavy (non-hydrogen) atoms. The number of amides is 2. The predicted octanol–water partition coefficient (Wildman–Crippen LogP) is 4.14. The monoisotopic (exact) mass is 476 g/mol. The van der Waals surface area contributed by atoms with Crippen LogP contribution in [-0.4, -0.2) is 40.2 Å². The number of ether oxygens (including phenoxy) is 1. The second kappa shape index (κ2) is 10.9. The molecule has 0 spiro atoms. The van der Waals surface area contributed by atoms with Crippen LogP contribution in [0, 0.1) is 0 Å². The summed E-state index contributed by atoms with van der Waals surface area (Å²) >= 11 is 8.15. The number of ketones is 1. The van der Waals surface area contributed by atoms with Crippen molar-refractivity contribution >= 4 is 63.1 Å². The van der Waals surface area contributed by atoms with Crippen LogP contribution in [-0.2, 0) is 9.59 Å². The molecule has 2 N–H and O–H groups in total. The van der Waals surface area contributed by atoms with E-state index in [9.17, 15) is 14.4 Å². The first-order valence-electron chi connectivity index (χ1n) is 8.94. The lowest BCUT2D eigenvalue weighted by Crippen LogP contribution is -2.20. The lowest BCUT2D eigenvalue weighted by atomic mass is 10.1. The van der Waals surface area contributed by atoms with Gasteiger partial charge >= 0.3 is 0 Å². The van der Waals surface area contributed by atoms with Gasteiger partial charge in [-0.3, -0.25) is 19.7 Å². The average molecular weight is 477 g/mol. The number of hydrogen-bond donors (Lipinski definition) is 2. The van der Waals surface area contributed by atoms with Crippen LogP contribution in [0.2, 0.25) is 5.02 Å². The first-order valence-corrected chi connectivity index (χ1v) is 11.1. The molecule has 0 bridgehead atoms. The molecule has 0 fully saturated rings. The molecule has 0 saturated heterocycles. The number of anilines is 2. The van der Waals surface area contributed by atoms with Crippen molar-refractivity contribution in [1.29, 1.82) is 0 Å². The Morgan fingerprint density at radius 3 is 2.39 bits per heavy atom. The normalized spacial score (nSPS) is 10.4. The Morgan fingerprint density at radius 2 is 1.71 bits per heavy atom. The Kier molecular flexibility index (Phi) is 7.99. The number of nitrogens with zero attached hydrogens (tertiary/aromatic N) is 2. The number of carbonyl (C=O) groups excluding carboxylic acids is 3. The van der Waals surface area contributed by atoms with Crippen molar-refractivity contribution in [2.45, 2.75) is 11.3 Å². The summed E-state index contributed by atoms with van der Waals surface area (Å²) < 4.78 is 5.90. The van der Waals surface area contributed by atoms with Crippen LogP contribution in [0.25, 0.3) is 0 Å². The van der Waals surface area contributed by atoms with Crippen molar-refractivity contribution in [3.63, 3.8) is 0 Å². The zero-order chi connectivity index (χ0) is 22.2. The Morgan fingerprint density at radius 1 is 1.00 bits per heavy atom. The molecule has 0 radical (unpaired) electrons. The van der Waals surface area contributed by atoms with E-state index in [1.54, 1.807) is 48.5 Å². The highest BCUT2D eigenvalue weighted by Crippen LogP contribution is 2.25. The van der Waals surface area contributed by atoms with Crippen molar-refractivity contribution in [3.8, 4) is 5.75 Å². The SMILES string of the molecule is CC(=O)c1ccc(NC(=O)CSc2nnc(NC(=O)COc3ccc(Cl)cc3)s2)cc1. The predicted molar refractivity (Wildman–Crippen MR) is 121 cm³/mol. The third-order valence-electron chi connectivity index (χ3n) is 3.74. The average Bonchev–Trinajstić information content (AvgIpc) is 3.19. The van der Waals surface area contributed by atoms with Gasteiger partial charge in [-0.2, -0.15) is 0 Å². The number of hydrogen-bond acceptors (Lipinski definition) is 8. The van der Waals surface area contributed by atoms with Gasteiger partial charge in [0.15, 0.2) is 16.7 Å². The topological polar surface area (TPSA) is 110 Å². The molecular weight excluding hydrogens is 460 g/mol. The van der Waals surface area contributed by atoms with Crippen LogP contribution >= 0.6 is 34.7 Å². The highest BCUT2D eigenvalue weighted by atomic mass is 35.5. The third kappa shape index (κ3) is 7.35. The van der Waals surface area contributed by atoms with E-state index in [-0.39, 0.29) is 30.0 Å². The highest BCUT2D eigenvalue weighted by Gasteiger charge is 2.11. The second-order valence-electron chi connectivity index (χ2n) is 6.13. The summed E-state index contributed by atoms with van der Waals surface area (Å²) in [7, 11) is 0. The van der Waals surface area contributed by atoms with Crippen LogP contribution in [0.5, 0.6) is 5.75 Å². The lowest BCUT2D eigenvalue weighted by molar-refractivity contribution is -0.118. The van der Waals surface area contributed by atoms with Gasteiger partial charge in [-0.05, 0) is 55.5 Å². The number of benzene rings is 2. The van der Waals surface area contributed by atoms with Gasteiger partial charge in [0.2, 0.25) is 11.0 Å². The van der Waals surface area contributed by atoms with Crippen molar-refractivity contribution in [2.24, 2.45) is 0 Å². The third-order valence-corrected chi connectivity index (χ3v) is 5.96. The number of rotatable bonds is 9. The van der Waals surface area contributed by atoms with E-state index in [1.807, 2.05) is 0 Å². The summed E-state index contributed by atoms with van der Waals surface area (Å²) in [5.74, 6) is 0.00255. The standard InChI is InChI=1S/C20H17ClN4O4S2/c1-12(26)13-2-6-15(7-3-13)22-18(28)11-30-20-25-24-19(31-20)23-17(27)10-29-16-8-4-14(21)5-9-16/h2-9H,10-11H2,1H3,(H,22,28)(H,23,24,27). The summed E-state index contributed by atoms with van der Waals surface area (Å²) in [6.45, 7) is 1.30. The molecule has 1 heterocycles. The van der Waals surface area contributed by atoms with E-state index in [0.29, 0.717) is 31.5 Å². The number of carbonyl (C=O) groups is 3. The molecule has 0 saturated carbocycles. The molecule has 3 aromatic rings. The fraction of sp³-hybridized carbons (Fsp3) is 0.150. The zero-order valence-electron chi connectivity index (χ0n) is 16.3.